The fourth-order valence-corrected chi connectivity index (χ4v) is 4.77. The number of nitrogens with one attached hydrogen (secondary N) is 1. The van der Waals surface area contributed by atoms with Crippen molar-refractivity contribution in [1.82, 2.24) is 24.6 Å². The summed E-state index contributed by atoms with van der Waals surface area (Å²) in [5, 5.41) is 19.9. The number of carbonyl (C=O) groups excluding carboxylic acids is 1. The number of amides is 1. The topological polar surface area (TPSA) is 105 Å². The third kappa shape index (κ3) is 4.17. The van der Waals surface area contributed by atoms with Crippen LogP contribution in [0.5, 0.6) is 0 Å². The smallest absolute Gasteiger partial charge is 0.244 e. The van der Waals surface area contributed by atoms with E-state index in [1.165, 1.54) is 22.9 Å². The zero-order valence-corrected chi connectivity index (χ0v) is 20.7. The van der Waals surface area contributed by atoms with Gasteiger partial charge in [0, 0.05) is 55.3 Å². The monoisotopic (exact) mass is 510 g/mol. The molecule has 4 heterocycles. The number of benzene rings is 1. The molecule has 1 atom stereocenters. The number of anilines is 2. The van der Waals surface area contributed by atoms with Crippen molar-refractivity contribution in [3.63, 3.8) is 0 Å². The van der Waals surface area contributed by atoms with Gasteiger partial charge in [0.2, 0.25) is 5.91 Å². The molecule has 0 spiro atoms. The molecule has 0 aliphatic carbocycles. The van der Waals surface area contributed by atoms with Crippen molar-refractivity contribution in [1.29, 1.82) is 0 Å². The van der Waals surface area contributed by atoms with E-state index < -0.39 is 11.4 Å². The molecule has 0 bridgehead atoms. The van der Waals surface area contributed by atoms with Crippen LogP contribution < -0.4 is 5.32 Å². The van der Waals surface area contributed by atoms with Crippen molar-refractivity contribution in [2.75, 3.05) is 32.6 Å². The van der Waals surface area contributed by atoms with Gasteiger partial charge in [0.25, 0.3) is 0 Å². The number of carbonyl (C=O) groups is 1. The Labute approximate surface area is 211 Å². The fraction of sp³-hybridized carbons (Fsp3) is 0.280. The summed E-state index contributed by atoms with van der Waals surface area (Å²) in [6.07, 6.45) is 4.75. The van der Waals surface area contributed by atoms with Crippen LogP contribution in [0.15, 0.2) is 42.9 Å². The van der Waals surface area contributed by atoms with Gasteiger partial charge in [0.05, 0.1) is 23.9 Å². The Balaban J connectivity index is 1.53. The molecule has 9 nitrogen and oxygen atoms in total. The molecule has 0 radical (unpaired) electrons. The quantitative estimate of drug-likeness (QED) is 0.422. The van der Waals surface area contributed by atoms with Gasteiger partial charge in [0.1, 0.15) is 23.8 Å². The number of hydrogen-bond donors (Lipinski definition) is 2. The number of rotatable bonds is 5. The third-order valence-corrected chi connectivity index (χ3v) is 6.71. The number of aliphatic hydroxyl groups is 1. The largest absolute Gasteiger partial charge is 0.381 e. The Morgan fingerprint density at radius 3 is 2.81 bits per heavy atom. The second-order valence-corrected chi connectivity index (χ2v) is 9.32. The highest BCUT2D eigenvalue weighted by Gasteiger charge is 2.39. The van der Waals surface area contributed by atoms with Crippen LogP contribution in [-0.4, -0.2) is 63.0 Å². The zero-order valence-electron chi connectivity index (χ0n) is 19.9. The Morgan fingerprint density at radius 1 is 1.25 bits per heavy atom. The summed E-state index contributed by atoms with van der Waals surface area (Å²) >= 11 is 6.37. The number of pyridine rings is 2. The highest BCUT2D eigenvalue weighted by molar-refractivity contribution is 6.36. The van der Waals surface area contributed by atoms with E-state index in [0.717, 1.165) is 5.56 Å². The van der Waals surface area contributed by atoms with E-state index >= 15 is 4.39 Å². The maximum Gasteiger partial charge on any atom is 0.244 e. The Kier molecular flexibility index (Phi) is 6.11. The maximum atomic E-state index is 15.1. The average molecular weight is 511 g/mol. The lowest BCUT2D eigenvalue weighted by molar-refractivity contribution is -0.133. The lowest BCUT2D eigenvalue weighted by atomic mass is 9.99. The van der Waals surface area contributed by atoms with Gasteiger partial charge >= 0.3 is 0 Å². The number of likely N-dealkylation sites (N-methyl/N-ethyl adjacent to an activating group) is 1. The molecule has 0 saturated heterocycles. The fourth-order valence-electron chi connectivity index (χ4n) is 4.51. The summed E-state index contributed by atoms with van der Waals surface area (Å²) in [5.74, 6) is 0.107. The molecule has 2 N–H and O–H groups in total. The predicted molar refractivity (Wildman–Crippen MR) is 134 cm³/mol. The van der Waals surface area contributed by atoms with Crippen LogP contribution in [0.1, 0.15) is 11.3 Å². The number of halogens is 2. The average Bonchev–Trinajstić information content (AvgIpc) is 3.21. The second-order valence-electron chi connectivity index (χ2n) is 8.95. The minimum atomic E-state index is -1.43. The maximum absolute atomic E-state index is 15.1. The van der Waals surface area contributed by atoms with Gasteiger partial charge < -0.3 is 20.1 Å². The molecular formula is C25H24ClFN6O3. The summed E-state index contributed by atoms with van der Waals surface area (Å²) in [6.45, 7) is 1.92. The first-order valence-corrected chi connectivity index (χ1v) is 11.6. The number of hydrogen-bond acceptors (Lipinski definition) is 7. The van der Waals surface area contributed by atoms with E-state index in [-0.39, 0.29) is 30.6 Å². The molecule has 1 unspecified atom stereocenters. The van der Waals surface area contributed by atoms with Crippen molar-refractivity contribution < 1.29 is 19.0 Å². The Hall–Kier alpha value is -3.60. The van der Waals surface area contributed by atoms with Crippen molar-refractivity contribution >= 4 is 39.9 Å². The van der Waals surface area contributed by atoms with Gasteiger partial charge in [-0.2, -0.15) is 5.10 Å². The Bertz CT molecular complexity index is 1490. The summed E-state index contributed by atoms with van der Waals surface area (Å²) in [4.78, 5) is 22.4. The van der Waals surface area contributed by atoms with E-state index in [1.807, 2.05) is 13.0 Å². The summed E-state index contributed by atoms with van der Waals surface area (Å²) < 4.78 is 21.8. The first kappa shape index (κ1) is 24.1. The molecular weight excluding hydrogens is 487 g/mol. The predicted octanol–water partition coefficient (Wildman–Crippen LogP) is 3.64. The molecule has 3 aromatic heterocycles. The van der Waals surface area contributed by atoms with Gasteiger partial charge in [-0.05, 0) is 36.1 Å². The molecule has 0 saturated carbocycles. The summed E-state index contributed by atoms with van der Waals surface area (Å²) in [6, 6.07) is 6.92. The SMILES string of the molecule is COCC1(O)CN(C)C(=O)Cn2nc(Nc3cc4cc(-c5cnccc5C)c(F)c(Cl)c4cn3)cc21. The highest BCUT2D eigenvalue weighted by atomic mass is 35.5. The van der Waals surface area contributed by atoms with Crippen LogP contribution in [-0.2, 0) is 21.7 Å². The summed E-state index contributed by atoms with van der Waals surface area (Å²) in [5.41, 5.74) is 0.881. The van der Waals surface area contributed by atoms with Crippen LogP contribution in [0.2, 0.25) is 5.02 Å². The van der Waals surface area contributed by atoms with Gasteiger partial charge in [-0.25, -0.2) is 9.37 Å². The second kappa shape index (κ2) is 9.12. The van der Waals surface area contributed by atoms with Crippen molar-refractivity contribution in [3.05, 3.63) is 65.0 Å². The first-order valence-electron chi connectivity index (χ1n) is 11.2. The number of fused-ring (bicyclic) bond motifs is 2. The summed E-state index contributed by atoms with van der Waals surface area (Å²) in [7, 11) is 3.11. The lowest BCUT2D eigenvalue weighted by Crippen LogP contribution is -2.43. The highest BCUT2D eigenvalue weighted by Crippen LogP contribution is 2.36. The third-order valence-electron chi connectivity index (χ3n) is 6.34. The van der Waals surface area contributed by atoms with E-state index in [4.69, 9.17) is 16.3 Å². The number of nitrogens with zero attached hydrogens (tertiary/aromatic N) is 5. The van der Waals surface area contributed by atoms with E-state index in [1.54, 1.807) is 37.6 Å². The molecule has 11 heteroatoms. The van der Waals surface area contributed by atoms with E-state index in [9.17, 15) is 9.90 Å². The zero-order chi connectivity index (χ0) is 25.6. The molecule has 1 aliphatic rings. The van der Waals surface area contributed by atoms with E-state index in [0.29, 0.717) is 39.2 Å². The van der Waals surface area contributed by atoms with Crippen LogP contribution in [0, 0.1) is 12.7 Å². The molecule has 5 rings (SSSR count). The van der Waals surface area contributed by atoms with Crippen LogP contribution in [0.3, 0.4) is 0 Å². The van der Waals surface area contributed by atoms with Crippen molar-refractivity contribution in [2.24, 2.45) is 0 Å². The van der Waals surface area contributed by atoms with Gasteiger partial charge in [0.15, 0.2) is 5.82 Å². The molecule has 36 heavy (non-hydrogen) atoms. The van der Waals surface area contributed by atoms with Crippen LogP contribution >= 0.6 is 11.6 Å². The van der Waals surface area contributed by atoms with Crippen LogP contribution in [0.25, 0.3) is 21.9 Å². The van der Waals surface area contributed by atoms with E-state index in [2.05, 4.69) is 20.4 Å². The number of methoxy groups -OCH3 is 1. The minimum Gasteiger partial charge on any atom is -0.381 e. The number of ether oxygens (including phenoxy) is 1. The number of aryl methyl sites for hydroxylation is 1. The minimum absolute atomic E-state index is 0.00935. The lowest BCUT2D eigenvalue weighted by Gasteiger charge is -2.28. The number of β-amino-alcohol motifs (C(OH)–C–C–N with tert-alkyl or cyclic N) is 1. The van der Waals surface area contributed by atoms with Gasteiger partial charge in [-0.3, -0.25) is 14.5 Å². The molecule has 1 amide bonds. The first-order chi connectivity index (χ1) is 17.2. The van der Waals surface area contributed by atoms with Gasteiger partial charge in [-0.1, -0.05) is 11.6 Å². The Morgan fingerprint density at radius 2 is 2.06 bits per heavy atom. The molecule has 1 aromatic carbocycles. The standard InChI is InChI=1S/C25H24ClFN6O3/c1-14-4-5-28-9-17(14)16-6-15-7-20(29-10-18(15)23(26)24(16)27)30-21-8-19-25(35,13-36-3)12-32(2)22(34)11-33(19)31-21/h4-10,35H,11-13H2,1-3H3,(H,29,30,31). The molecule has 1 aliphatic heterocycles. The number of aromatic nitrogens is 4. The molecule has 186 valence electrons. The van der Waals surface area contributed by atoms with Gasteiger partial charge in [-0.15, -0.1) is 0 Å². The van der Waals surface area contributed by atoms with Crippen molar-refractivity contribution in [3.8, 4) is 11.1 Å². The van der Waals surface area contributed by atoms with Crippen molar-refractivity contribution in [2.45, 2.75) is 19.1 Å². The normalized spacial score (nSPS) is 17.8. The molecule has 0 fully saturated rings. The molecule has 4 aromatic rings. The van der Waals surface area contributed by atoms with Crippen LogP contribution in [0.4, 0.5) is 16.0 Å².